The molecule has 1 aromatic carbocycles. The molecule has 2 fully saturated rings. The van der Waals surface area contributed by atoms with Crippen molar-refractivity contribution in [2.24, 2.45) is 5.92 Å². The van der Waals surface area contributed by atoms with Gasteiger partial charge in [-0.05, 0) is 55.3 Å². The fourth-order valence-corrected chi connectivity index (χ4v) is 5.41. The first-order chi connectivity index (χ1) is 16.4. The molecule has 2 heterocycles. The Labute approximate surface area is 209 Å². The number of aromatic nitrogens is 2. The molecule has 3 aliphatic rings. The normalized spacial score (nSPS) is 23.2. The molecule has 2 aliphatic carbocycles. The van der Waals surface area contributed by atoms with Gasteiger partial charge in [0, 0.05) is 38.3 Å². The number of fused-ring (bicyclic) bond motifs is 1. The number of carbonyl (C=O) groups excluding carboxylic acids is 1. The lowest BCUT2D eigenvalue weighted by molar-refractivity contribution is -0.133. The van der Waals surface area contributed by atoms with Crippen molar-refractivity contribution < 1.29 is 9.18 Å². The van der Waals surface area contributed by atoms with Gasteiger partial charge in [0.15, 0.2) is 0 Å². The summed E-state index contributed by atoms with van der Waals surface area (Å²) in [5.41, 5.74) is 2.33. The lowest BCUT2D eigenvalue weighted by atomic mass is 9.96. The largest absolute Gasteiger partial charge is 0.353 e. The van der Waals surface area contributed by atoms with Crippen LogP contribution in [-0.4, -0.2) is 60.0 Å². The summed E-state index contributed by atoms with van der Waals surface area (Å²) in [6, 6.07) is 5.46. The van der Waals surface area contributed by atoms with Gasteiger partial charge in [-0.3, -0.25) is 4.79 Å². The second-order valence-electron chi connectivity index (χ2n) is 9.74. The first-order valence-corrected chi connectivity index (χ1v) is 12.9. The van der Waals surface area contributed by atoms with Crippen LogP contribution in [0.2, 0.25) is 10.0 Å². The predicted molar refractivity (Wildman–Crippen MR) is 133 cm³/mol. The van der Waals surface area contributed by atoms with Gasteiger partial charge in [0.05, 0.1) is 21.7 Å². The number of alkyl halides is 1. The van der Waals surface area contributed by atoms with Gasteiger partial charge in [-0.1, -0.05) is 36.2 Å². The fourth-order valence-electron chi connectivity index (χ4n) is 5.10. The van der Waals surface area contributed by atoms with Crippen LogP contribution in [-0.2, 0) is 4.79 Å². The van der Waals surface area contributed by atoms with Crippen LogP contribution in [0.25, 0.3) is 0 Å². The van der Waals surface area contributed by atoms with E-state index in [-0.39, 0.29) is 17.7 Å². The Morgan fingerprint density at radius 1 is 1.18 bits per heavy atom. The zero-order valence-corrected chi connectivity index (χ0v) is 20.8. The average molecular weight is 506 g/mol. The van der Waals surface area contributed by atoms with E-state index in [4.69, 9.17) is 23.2 Å². The number of halogens is 3. The van der Waals surface area contributed by atoms with E-state index >= 15 is 0 Å². The molecule has 1 unspecified atom stereocenters. The molecule has 1 N–H and O–H groups in total. The number of hydrogen-bond donors (Lipinski definition) is 1. The number of nitrogens with one attached hydrogen (secondary N) is 1. The first kappa shape index (κ1) is 23.8. The van der Waals surface area contributed by atoms with Gasteiger partial charge >= 0.3 is 0 Å². The number of carbonyl (C=O) groups is 1. The summed E-state index contributed by atoms with van der Waals surface area (Å²) >= 11 is 12.4. The van der Waals surface area contributed by atoms with Crippen LogP contribution in [0.1, 0.15) is 61.0 Å². The van der Waals surface area contributed by atoms with Crippen molar-refractivity contribution in [3.8, 4) is 0 Å². The highest BCUT2D eigenvalue weighted by Crippen LogP contribution is 2.44. The summed E-state index contributed by atoms with van der Waals surface area (Å²) < 4.78 is 14.4. The third-order valence-corrected chi connectivity index (χ3v) is 8.00. The van der Waals surface area contributed by atoms with E-state index in [0.717, 1.165) is 29.4 Å². The number of anilines is 1. The van der Waals surface area contributed by atoms with E-state index in [1.807, 2.05) is 17.9 Å². The zero-order valence-electron chi connectivity index (χ0n) is 19.3. The fraction of sp³-hybridized carbons (Fsp3) is 0.560. The van der Waals surface area contributed by atoms with Crippen molar-refractivity contribution >= 4 is 34.9 Å². The molecular formula is C25H30Cl2FN5O. The van der Waals surface area contributed by atoms with E-state index in [1.54, 1.807) is 12.1 Å². The summed E-state index contributed by atoms with van der Waals surface area (Å²) in [7, 11) is 0. The minimum Gasteiger partial charge on any atom is -0.353 e. The van der Waals surface area contributed by atoms with Gasteiger partial charge in [-0.25, -0.2) is 14.4 Å². The average Bonchev–Trinajstić information content (AvgIpc) is 3.62. The minimum atomic E-state index is -1.02. The lowest BCUT2D eigenvalue weighted by Gasteiger charge is -2.38. The van der Waals surface area contributed by atoms with Crippen molar-refractivity contribution in [2.45, 2.75) is 44.2 Å². The standard InChI is InChI=1S/C25H30Cl2FN5O/c1-15-10-21(28)23-22(15)24(31-14-30-23)32-6-8-33(9-7-32)25(34)18(13-29-12-16-2-3-16)17-4-5-19(26)20(27)11-17/h4-5,11,14-16,18,21,29H,2-3,6-10,12-13H2,1H3/t15-,18?,21+/m1/s1. The number of nitrogens with zero attached hydrogens (tertiary/aromatic N) is 4. The van der Waals surface area contributed by atoms with Crippen LogP contribution < -0.4 is 10.2 Å². The Bertz CT molecular complexity index is 1060. The second-order valence-corrected chi connectivity index (χ2v) is 10.6. The van der Waals surface area contributed by atoms with Gasteiger partial charge in [0.2, 0.25) is 5.91 Å². The number of rotatable bonds is 7. The number of benzene rings is 1. The highest BCUT2D eigenvalue weighted by atomic mass is 35.5. The molecule has 182 valence electrons. The van der Waals surface area contributed by atoms with E-state index in [1.165, 1.54) is 19.2 Å². The quantitative estimate of drug-likeness (QED) is 0.589. The first-order valence-electron chi connectivity index (χ1n) is 12.1. The lowest BCUT2D eigenvalue weighted by Crippen LogP contribution is -2.51. The molecule has 34 heavy (non-hydrogen) atoms. The summed E-state index contributed by atoms with van der Waals surface area (Å²) in [5, 5.41) is 4.43. The van der Waals surface area contributed by atoms with Crippen molar-refractivity contribution in [2.75, 3.05) is 44.2 Å². The molecule has 1 saturated carbocycles. The maximum absolute atomic E-state index is 14.4. The Hall–Kier alpha value is -1.96. The Balaban J connectivity index is 1.28. The van der Waals surface area contributed by atoms with Crippen molar-refractivity contribution in [1.29, 1.82) is 0 Å². The second kappa shape index (κ2) is 9.96. The SMILES string of the molecule is C[C@@H]1C[C@H](F)c2ncnc(N3CCN(C(=O)C(CNCC4CC4)c4ccc(Cl)c(Cl)c4)CC3)c21. The molecule has 1 aliphatic heterocycles. The highest BCUT2D eigenvalue weighted by Gasteiger charge is 2.36. The van der Waals surface area contributed by atoms with E-state index in [2.05, 4.69) is 20.2 Å². The predicted octanol–water partition coefficient (Wildman–Crippen LogP) is 4.73. The monoisotopic (exact) mass is 505 g/mol. The van der Waals surface area contributed by atoms with Crippen LogP contribution >= 0.6 is 23.2 Å². The van der Waals surface area contributed by atoms with E-state index in [0.29, 0.717) is 54.9 Å². The maximum atomic E-state index is 14.4. The van der Waals surface area contributed by atoms with Gasteiger partial charge in [0.1, 0.15) is 18.3 Å². The van der Waals surface area contributed by atoms with Gasteiger partial charge in [-0.15, -0.1) is 0 Å². The topological polar surface area (TPSA) is 61.4 Å². The smallest absolute Gasteiger partial charge is 0.231 e. The molecule has 5 rings (SSSR count). The third kappa shape index (κ3) is 4.88. The third-order valence-electron chi connectivity index (χ3n) is 7.26. The number of amides is 1. The Kier molecular flexibility index (Phi) is 6.96. The Morgan fingerprint density at radius 3 is 2.65 bits per heavy atom. The highest BCUT2D eigenvalue weighted by molar-refractivity contribution is 6.42. The van der Waals surface area contributed by atoms with Crippen LogP contribution in [0.5, 0.6) is 0 Å². The van der Waals surface area contributed by atoms with Crippen LogP contribution in [0.4, 0.5) is 10.2 Å². The van der Waals surface area contributed by atoms with Gasteiger partial charge in [0.25, 0.3) is 0 Å². The Morgan fingerprint density at radius 2 is 1.94 bits per heavy atom. The van der Waals surface area contributed by atoms with E-state index in [9.17, 15) is 9.18 Å². The van der Waals surface area contributed by atoms with Crippen molar-refractivity contribution in [3.63, 3.8) is 0 Å². The van der Waals surface area contributed by atoms with Gasteiger partial charge < -0.3 is 15.1 Å². The molecule has 0 radical (unpaired) electrons. The molecule has 9 heteroatoms. The minimum absolute atomic E-state index is 0.0893. The van der Waals surface area contributed by atoms with E-state index < -0.39 is 6.17 Å². The number of hydrogen-bond acceptors (Lipinski definition) is 5. The van der Waals surface area contributed by atoms with Crippen LogP contribution in [0, 0.1) is 5.92 Å². The molecule has 0 spiro atoms. The molecular weight excluding hydrogens is 476 g/mol. The molecule has 3 atom stereocenters. The van der Waals surface area contributed by atoms with Gasteiger partial charge in [-0.2, -0.15) is 0 Å². The summed E-state index contributed by atoms with van der Waals surface area (Å²) in [4.78, 5) is 26.4. The van der Waals surface area contributed by atoms with Crippen LogP contribution in [0.15, 0.2) is 24.5 Å². The number of piperazine rings is 1. The van der Waals surface area contributed by atoms with Crippen molar-refractivity contribution in [3.05, 3.63) is 51.4 Å². The molecule has 1 aromatic heterocycles. The molecule has 1 amide bonds. The van der Waals surface area contributed by atoms with Crippen LogP contribution in [0.3, 0.4) is 0 Å². The summed E-state index contributed by atoms with van der Waals surface area (Å²) in [6.45, 7) is 6.03. The molecule has 2 aromatic rings. The molecule has 1 saturated heterocycles. The summed E-state index contributed by atoms with van der Waals surface area (Å²) in [6.07, 6.45) is 3.41. The zero-order chi connectivity index (χ0) is 23.8. The molecule has 6 nitrogen and oxygen atoms in total. The van der Waals surface area contributed by atoms with Crippen molar-refractivity contribution in [1.82, 2.24) is 20.2 Å². The maximum Gasteiger partial charge on any atom is 0.231 e. The molecule has 0 bridgehead atoms. The summed E-state index contributed by atoms with van der Waals surface area (Å²) in [5.74, 6) is 1.41.